The summed E-state index contributed by atoms with van der Waals surface area (Å²) in [6.45, 7) is 7.36. The van der Waals surface area contributed by atoms with Crippen LogP contribution in [0.1, 0.15) is 73.7 Å². The zero-order valence-corrected chi connectivity index (χ0v) is 24.6. The normalized spacial score (nSPS) is 21.0. The number of carbonyl (C=O) groups is 2. The third-order valence-corrected chi connectivity index (χ3v) is 8.85. The summed E-state index contributed by atoms with van der Waals surface area (Å²) in [6.07, 6.45) is 7.56. The number of rotatable bonds is 11. The number of hydrogen-bond donors (Lipinski definition) is 2. The zero-order valence-electron chi connectivity index (χ0n) is 24.6. The van der Waals surface area contributed by atoms with Crippen molar-refractivity contribution in [3.8, 4) is 0 Å². The lowest BCUT2D eigenvalue weighted by Crippen LogP contribution is -2.50. The molecule has 0 bridgehead atoms. The van der Waals surface area contributed by atoms with Crippen molar-refractivity contribution in [1.82, 2.24) is 20.4 Å². The van der Waals surface area contributed by atoms with Crippen LogP contribution >= 0.6 is 0 Å². The highest BCUT2D eigenvalue weighted by atomic mass is 16.2. The maximum atomic E-state index is 14.0. The van der Waals surface area contributed by atoms with Crippen LogP contribution in [0.4, 0.5) is 0 Å². The van der Waals surface area contributed by atoms with Gasteiger partial charge in [-0.15, -0.1) is 0 Å². The molecule has 2 amide bonds. The molecule has 3 aromatic rings. The molecular weight excluding hydrogens is 508 g/mol. The first-order chi connectivity index (χ1) is 20.1. The number of likely N-dealkylation sites (tertiary alicyclic amines) is 1. The highest BCUT2D eigenvalue weighted by molar-refractivity contribution is 5.98. The minimum atomic E-state index is -0.236. The van der Waals surface area contributed by atoms with Gasteiger partial charge in [0.05, 0.1) is 6.04 Å². The Morgan fingerprint density at radius 1 is 0.951 bits per heavy atom. The summed E-state index contributed by atoms with van der Waals surface area (Å²) in [5.41, 5.74) is 1.98. The molecule has 0 aliphatic carbocycles. The number of benzene rings is 3. The molecule has 6 heteroatoms. The van der Waals surface area contributed by atoms with Gasteiger partial charge in [-0.2, -0.15) is 0 Å². The molecule has 2 heterocycles. The number of nitrogens with one attached hydrogen (secondary N) is 2. The quantitative estimate of drug-likeness (QED) is 0.324. The molecule has 2 aliphatic rings. The van der Waals surface area contributed by atoms with Gasteiger partial charge in [0.2, 0.25) is 5.91 Å². The van der Waals surface area contributed by atoms with Crippen molar-refractivity contribution in [2.45, 2.75) is 69.9 Å². The smallest absolute Gasteiger partial charge is 0.251 e. The molecule has 0 aromatic heterocycles. The van der Waals surface area contributed by atoms with E-state index < -0.39 is 0 Å². The second-order valence-electron chi connectivity index (χ2n) is 11.8. The molecule has 0 radical (unpaired) electrons. The monoisotopic (exact) mass is 554 g/mol. The SMILES string of the molecule is CCC[C@@H](CN1CC[C@@H](CNC(=O)c2ccc3ccccc3c2)N[C@@H](CCN2CCCCC2)C1=O)c1ccccc1. The van der Waals surface area contributed by atoms with Crippen molar-refractivity contribution in [3.05, 3.63) is 83.9 Å². The van der Waals surface area contributed by atoms with Gasteiger partial charge in [-0.3, -0.25) is 9.59 Å². The van der Waals surface area contributed by atoms with E-state index in [1.165, 1.54) is 24.8 Å². The largest absolute Gasteiger partial charge is 0.350 e. The second-order valence-corrected chi connectivity index (χ2v) is 11.8. The van der Waals surface area contributed by atoms with E-state index in [9.17, 15) is 9.59 Å². The number of nitrogens with zero attached hydrogens (tertiary/aromatic N) is 2. The van der Waals surface area contributed by atoms with Crippen LogP contribution in [0.2, 0.25) is 0 Å². The molecule has 41 heavy (non-hydrogen) atoms. The first-order valence-corrected chi connectivity index (χ1v) is 15.7. The summed E-state index contributed by atoms with van der Waals surface area (Å²) in [7, 11) is 0. The Kier molecular flexibility index (Phi) is 10.4. The fourth-order valence-electron chi connectivity index (χ4n) is 6.48. The summed E-state index contributed by atoms with van der Waals surface area (Å²) >= 11 is 0. The molecule has 2 saturated heterocycles. The van der Waals surface area contributed by atoms with Crippen molar-refractivity contribution in [2.24, 2.45) is 0 Å². The third kappa shape index (κ3) is 7.96. The number of amides is 2. The highest BCUT2D eigenvalue weighted by Crippen LogP contribution is 2.24. The fourth-order valence-corrected chi connectivity index (χ4v) is 6.48. The highest BCUT2D eigenvalue weighted by Gasteiger charge is 2.32. The van der Waals surface area contributed by atoms with Gasteiger partial charge >= 0.3 is 0 Å². The predicted molar refractivity (Wildman–Crippen MR) is 167 cm³/mol. The molecule has 0 spiro atoms. The summed E-state index contributed by atoms with van der Waals surface area (Å²) in [5.74, 6) is 0.474. The first-order valence-electron chi connectivity index (χ1n) is 15.7. The first kappa shape index (κ1) is 29.3. The Hall–Kier alpha value is -3.22. The van der Waals surface area contributed by atoms with Gasteiger partial charge < -0.3 is 20.4 Å². The predicted octanol–water partition coefficient (Wildman–Crippen LogP) is 5.59. The summed E-state index contributed by atoms with van der Waals surface area (Å²) < 4.78 is 0. The van der Waals surface area contributed by atoms with Gasteiger partial charge in [0.15, 0.2) is 0 Å². The molecular formula is C35H46N4O2. The topological polar surface area (TPSA) is 64.7 Å². The van der Waals surface area contributed by atoms with E-state index in [1.54, 1.807) is 0 Å². The van der Waals surface area contributed by atoms with E-state index in [1.807, 2.05) is 36.4 Å². The number of piperidine rings is 1. The maximum Gasteiger partial charge on any atom is 0.251 e. The molecule has 6 nitrogen and oxygen atoms in total. The lowest BCUT2D eigenvalue weighted by molar-refractivity contribution is -0.133. The van der Waals surface area contributed by atoms with E-state index in [0.29, 0.717) is 24.6 Å². The van der Waals surface area contributed by atoms with Gasteiger partial charge in [-0.25, -0.2) is 0 Å². The van der Waals surface area contributed by atoms with Gasteiger partial charge in [0, 0.05) is 43.7 Å². The molecule has 218 valence electrons. The molecule has 5 rings (SSSR count). The van der Waals surface area contributed by atoms with Crippen LogP contribution in [0.5, 0.6) is 0 Å². The Bertz CT molecular complexity index is 1270. The molecule has 0 saturated carbocycles. The fraction of sp³-hybridized carbons (Fsp3) is 0.486. The van der Waals surface area contributed by atoms with E-state index >= 15 is 0 Å². The Morgan fingerprint density at radius 2 is 1.71 bits per heavy atom. The Labute approximate surface area is 245 Å². The van der Waals surface area contributed by atoms with Crippen LogP contribution in [-0.2, 0) is 4.79 Å². The van der Waals surface area contributed by atoms with Crippen molar-refractivity contribution >= 4 is 22.6 Å². The molecule has 3 aromatic carbocycles. The summed E-state index contributed by atoms with van der Waals surface area (Å²) in [5, 5.41) is 9.03. The Morgan fingerprint density at radius 3 is 2.49 bits per heavy atom. The van der Waals surface area contributed by atoms with Crippen LogP contribution in [-0.4, -0.2) is 73.0 Å². The zero-order chi connectivity index (χ0) is 28.4. The lowest BCUT2D eigenvalue weighted by Gasteiger charge is -2.31. The maximum absolute atomic E-state index is 14.0. The van der Waals surface area contributed by atoms with Crippen molar-refractivity contribution in [2.75, 3.05) is 39.3 Å². The molecule has 2 fully saturated rings. The van der Waals surface area contributed by atoms with E-state index in [4.69, 9.17) is 0 Å². The number of hydrogen-bond acceptors (Lipinski definition) is 4. The minimum absolute atomic E-state index is 0.0427. The van der Waals surface area contributed by atoms with E-state index in [-0.39, 0.29) is 23.9 Å². The number of fused-ring (bicyclic) bond motifs is 1. The van der Waals surface area contributed by atoms with Crippen molar-refractivity contribution in [3.63, 3.8) is 0 Å². The van der Waals surface area contributed by atoms with Gasteiger partial charge in [0.1, 0.15) is 0 Å². The lowest BCUT2D eigenvalue weighted by atomic mass is 9.93. The van der Waals surface area contributed by atoms with Crippen LogP contribution in [0, 0.1) is 0 Å². The summed E-state index contributed by atoms with van der Waals surface area (Å²) in [4.78, 5) is 31.7. The van der Waals surface area contributed by atoms with Crippen LogP contribution in [0.25, 0.3) is 10.8 Å². The minimum Gasteiger partial charge on any atom is -0.350 e. The molecule has 3 atom stereocenters. The molecule has 2 aliphatic heterocycles. The average Bonchev–Trinajstić information content (AvgIpc) is 3.17. The van der Waals surface area contributed by atoms with Crippen molar-refractivity contribution in [1.29, 1.82) is 0 Å². The molecule has 2 N–H and O–H groups in total. The second kappa shape index (κ2) is 14.6. The van der Waals surface area contributed by atoms with Gasteiger partial charge in [0.25, 0.3) is 5.91 Å². The van der Waals surface area contributed by atoms with E-state index in [0.717, 1.165) is 62.6 Å². The average molecular weight is 555 g/mol. The number of carbonyl (C=O) groups excluding carboxylic acids is 2. The van der Waals surface area contributed by atoms with Gasteiger partial charge in [-0.1, -0.05) is 80.4 Å². The standard InChI is InChI=1S/C35H46N4O2/c1-2-11-31(27-12-5-3-6-13-27)26-39-23-18-32(37-33(35(39)41)19-22-38-20-9-4-10-21-38)25-36-34(40)30-17-16-28-14-7-8-15-29(28)24-30/h3,5-8,12-17,24,31-33,37H,2,4,9-11,18-23,25-26H2,1H3,(H,36,40)/t31-,32-,33-/m0/s1. The third-order valence-electron chi connectivity index (χ3n) is 8.85. The van der Waals surface area contributed by atoms with E-state index in [2.05, 4.69) is 63.8 Å². The van der Waals surface area contributed by atoms with Gasteiger partial charge in [-0.05, 0) is 73.7 Å². The molecule has 0 unspecified atom stereocenters. The van der Waals surface area contributed by atoms with Crippen molar-refractivity contribution < 1.29 is 9.59 Å². The summed E-state index contributed by atoms with van der Waals surface area (Å²) in [6, 6.07) is 24.4. The van der Waals surface area contributed by atoms with Crippen LogP contribution in [0.15, 0.2) is 72.8 Å². The Balaban J connectivity index is 1.26. The van der Waals surface area contributed by atoms with Crippen LogP contribution < -0.4 is 10.6 Å². The van der Waals surface area contributed by atoms with Crippen LogP contribution in [0.3, 0.4) is 0 Å².